The van der Waals surface area contributed by atoms with Crippen LogP contribution in [0.5, 0.6) is 5.88 Å². The van der Waals surface area contributed by atoms with Gasteiger partial charge in [-0.25, -0.2) is 0 Å². The van der Waals surface area contributed by atoms with E-state index >= 15 is 0 Å². The van der Waals surface area contributed by atoms with E-state index in [0.717, 1.165) is 37.4 Å². The van der Waals surface area contributed by atoms with E-state index in [1.807, 2.05) is 18.2 Å². The fourth-order valence-corrected chi connectivity index (χ4v) is 2.68. The smallest absolute Gasteiger partial charge is 0.214 e. The molecule has 0 aromatic carbocycles. The van der Waals surface area contributed by atoms with Gasteiger partial charge in [-0.05, 0) is 37.7 Å². The van der Waals surface area contributed by atoms with Crippen LogP contribution in [-0.4, -0.2) is 29.3 Å². The molecule has 106 valence electrons. The van der Waals surface area contributed by atoms with Crippen LogP contribution in [0, 0.1) is 5.92 Å². The van der Waals surface area contributed by atoms with E-state index in [9.17, 15) is 5.11 Å². The molecular weight excluding hydrogens is 240 g/mol. The Labute approximate surface area is 115 Å². The minimum Gasteiger partial charge on any atom is -0.481 e. The molecule has 19 heavy (non-hydrogen) atoms. The number of anilines is 1. The first-order chi connectivity index (χ1) is 9.15. The van der Waals surface area contributed by atoms with E-state index in [1.54, 1.807) is 7.11 Å². The second-order valence-corrected chi connectivity index (χ2v) is 5.49. The highest BCUT2D eigenvalue weighted by molar-refractivity contribution is 5.37. The number of aliphatic hydroxyl groups is 1. The second kappa shape index (κ2) is 6.24. The number of hydrogen-bond acceptors (Lipinski definition) is 4. The van der Waals surface area contributed by atoms with Crippen molar-refractivity contribution in [3.05, 3.63) is 18.2 Å². The first kappa shape index (κ1) is 14.1. The van der Waals surface area contributed by atoms with E-state index in [1.165, 1.54) is 6.42 Å². The standard InChI is InChI=1S/C15H24N2O2/c1-3-12-7-9-15(18,10-8-12)11-16-13-5-4-6-14(17-13)19-2/h4-6,12,18H,3,7-11H2,1-2H3,(H,16,17). The van der Waals surface area contributed by atoms with Crippen LogP contribution in [0.1, 0.15) is 39.0 Å². The average molecular weight is 264 g/mol. The monoisotopic (exact) mass is 264 g/mol. The molecule has 2 rings (SSSR count). The molecule has 1 aliphatic rings. The number of nitrogens with zero attached hydrogens (tertiary/aromatic N) is 1. The molecule has 1 saturated carbocycles. The summed E-state index contributed by atoms with van der Waals surface area (Å²) in [6.45, 7) is 2.79. The zero-order chi connectivity index (χ0) is 13.7. The summed E-state index contributed by atoms with van der Waals surface area (Å²) in [4.78, 5) is 4.29. The molecular formula is C15H24N2O2. The van der Waals surface area contributed by atoms with E-state index in [2.05, 4.69) is 17.2 Å². The Kier molecular flexibility index (Phi) is 4.64. The van der Waals surface area contributed by atoms with Crippen LogP contribution in [0.25, 0.3) is 0 Å². The number of methoxy groups -OCH3 is 1. The van der Waals surface area contributed by atoms with Crippen LogP contribution >= 0.6 is 0 Å². The zero-order valence-electron chi connectivity index (χ0n) is 11.9. The van der Waals surface area contributed by atoms with Crippen molar-refractivity contribution >= 4 is 5.82 Å². The van der Waals surface area contributed by atoms with Crippen molar-refractivity contribution in [2.45, 2.75) is 44.6 Å². The molecule has 0 radical (unpaired) electrons. The summed E-state index contributed by atoms with van der Waals surface area (Å²) in [5.74, 6) is 2.13. The molecule has 1 aromatic heterocycles. The lowest BCUT2D eigenvalue weighted by Gasteiger charge is -2.36. The summed E-state index contributed by atoms with van der Waals surface area (Å²) < 4.78 is 5.09. The lowest BCUT2D eigenvalue weighted by molar-refractivity contribution is 0.00222. The van der Waals surface area contributed by atoms with E-state index in [0.29, 0.717) is 12.4 Å². The SMILES string of the molecule is CCC1CCC(O)(CNc2cccc(OC)n2)CC1. The van der Waals surface area contributed by atoms with Crippen molar-refractivity contribution in [3.63, 3.8) is 0 Å². The normalized spacial score (nSPS) is 27.0. The Balaban J connectivity index is 1.87. The van der Waals surface area contributed by atoms with Crippen LogP contribution in [-0.2, 0) is 0 Å². The van der Waals surface area contributed by atoms with Gasteiger partial charge in [0.05, 0.1) is 12.7 Å². The van der Waals surface area contributed by atoms with Gasteiger partial charge in [-0.1, -0.05) is 19.4 Å². The topological polar surface area (TPSA) is 54.4 Å². The Bertz CT molecular complexity index is 401. The highest BCUT2D eigenvalue weighted by atomic mass is 16.5. The molecule has 0 aliphatic heterocycles. The fraction of sp³-hybridized carbons (Fsp3) is 0.667. The molecule has 0 spiro atoms. The summed E-state index contributed by atoms with van der Waals surface area (Å²) in [5, 5.41) is 13.8. The molecule has 1 aliphatic carbocycles. The lowest BCUT2D eigenvalue weighted by atomic mass is 9.78. The number of nitrogens with one attached hydrogen (secondary N) is 1. The first-order valence-electron chi connectivity index (χ1n) is 7.12. The van der Waals surface area contributed by atoms with Crippen molar-refractivity contribution in [1.29, 1.82) is 0 Å². The van der Waals surface area contributed by atoms with Crippen molar-refractivity contribution in [3.8, 4) is 5.88 Å². The van der Waals surface area contributed by atoms with Crippen molar-refractivity contribution in [1.82, 2.24) is 4.98 Å². The Morgan fingerprint density at radius 2 is 2.16 bits per heavy atom. The molecule has 0 saturated heterocycles. The molecule has 1 heterocycles. The molecule has 0 unspecified atom stereocenters. The van der Waals surface area contributed by atoms with Gasteiger partial charge in [-0.15, -0.1) is 0 Å². The number of aromatic nitrogens is 1. The molecule has 2 N–H and O–H groups in total. The van der Waals surface area contributed by atoms with Gasteiger partial charge in [0.25, 0.3) is 0 Å². The Morgan fingerprint density at radius 1 is 1.42 bits per heavy atom. The highest BCUT2D eigenvalue weighted by Crippen LogP contribution is 2.33. The Hall–Kier alpha value is -1.29. The molecule has 1 fully saturated rings. The number of pyridine rings is 1. The van der Waals surface area contributed by atoms with Crippen LogP contribution in [0.15, 0.2) is 18.2 Å². The third-order valence-corrected chi connectivity index (χ3v) is 4.14. The van der Waals surface area contributed by atoms with Gasteiger partial charge < -0.3 is 15.2 Å². The predicted octanol–water partition coefficient (Wildman–Crippen LogP) is 2.83. The van der Waals surface area contributed by atoms with Crippen LogP contribution in [0.3, 0.4) is 0 Å². The number of hydrogen-bond donors (Lipinski definition) is 2. The van der Waals surface area contributed by atoms with Crippen LogP contribution < -0.4 is 10.1 Å². The van der Waals surface area contributed by atoms with Crippen LogP contribution in [0.4, 0.5) is 5.82 Å². The van der Waals surface area contributed by atoms with Gasteiger partial charge in [0.1, 0.15) is 5.82 Å². The zero-order valence-corrected chi connectivity index (χ0v) is 11.9. The second-order valence-electron chi connectivity index (χ2n) is 5.49. The van der Waals surface area contributed by atoms with E-state index in [4.69, 9.17) is 4.74 Å². The molecule has 4 heteroatoms. The maximum atomic E-state index is 10.6. The third kappa shape index (κ3) is 3.83. The van der Waals surface area contributed by atoms with E-state index in [-0.39, 0.29) is 0 Å². The van der Waals surface area contributed by atoms with Crippen molar-refractivity contribution in [2.75, 3.05) is 19.0 Å². The summed E-state index contributed by atoms with van der Waals surface area (Å²) in [5.41, 5.74) is -0.587. The minimum atomic E-state index is -0.587. The van der Waals surface area contributed by atoms with Gasteiger partial charge in [0.15, 0.2) is 0 Å². The molecule has 0 atom stereocenters. The predicted molar refractivity (Wildman–Crippen MR) is 76.5 cm³/mol. The Morgan fingerprint density at radius 3 is 2.79 bits per heavy atom. The maximum absolute atomic E-state index is 10.6. The molecule has 0 amide bonds. The van der Waals surface area contributed by atoms with Crippen LogP contribution in [0.2, 0.25) is 0 Å². The summed E-state index contributed by atoms with van der Waals surface area (Å²) in [6, 6.07) is 5.60. The largest absolute Gasteiger partial charge is 0.481 e. The summed E-state index contributed by atoms with van der Waals surface area (Å²) >= 11 is 0. The number of rotatable bonds is 5. The lowest BCUT2D eigenvalue weighted by Crippen LogP contribution is -2.40. The van der Waals surface area contributed by atoms with Gasteiger partial charge in [0, 0.05) is 12.6 Å². The quantitative estimate of drug-likeness (QED) is 0.858. The summed E-state index contributed by atoms with van der Waals surface area (Å²) in [6.07, 6.45) is 5.23. The fourth-order valence-electron chi connectivity index (χ4n) is 2.68. The minimum absolute atomic E-state index is 0.559. The average Bonchev–Trinajstić information content (AvgIpc) is 2.46. The first-order valence-corrected chi connectivity index (χ1v) is 7.12. The molecule has 1 aromatic rings. The molecule has 4 nitrogen and oxygen atoms in total. The van der Waals surface area contributed by atoms with E-state index < -0.39 is 5.60 Å². The van der Waals surface area contributed by atoms with Gasteiger partial charge >= 0.3 is 0 Å². The third-order valence-electron chi connectivity index (χ3n) is 4.14. The van der Waals surface area contributed by atoms with Crippen molar-refractivity contribution in [2.24, 2.45) is 5.92 Å². The van der Waals surface area contributed by atoms with Gasteiger partial charge in [-0.3, -0.25) is 0 Å². The van der Waals surface area contributed by atoms with Gasteiger partial charge in [0.2, 0.25) is 5.88 Å². The van der Waals surface area contributed by atoms with Gasteiger partial charge in [-0.2, -0.15) is 4.98 Å². The number of ether oxygens (including phenoxy) is 1. The summed E-state index contributed by atoms with van der Waals surface area (Å²) in [7, 11) is 1.60. The highest BCUT2D eigenvalue weighted by Gasteiger charge is 2.32. The molecule has 0 bridgehead atoms. The maximum Gasteiger partial charge on any atom is 0.214 e. The van der Waals surface area contributed by atoms with Crippen molar-refractivity contribution < 1.29 is 9.84 Å².